The van der Waals surface area contributed by atoms with Crippen LogP contribution in [0, 0.1) is 0 Å². The summed E-state index contributed by atoms with van der Waals surface area (Å²) in [6.07, 6.45) is 7.66. The number of ether oxygens (including phenoxy) is 1. The van der Waals surface area contributed by atoms with E-state index in [-0.39, 0.29) is 11.7 Å². The molecule has 1 fully saturated rings. The van der Waals surface area contributed by atoms with Gasteiger partial charge in [-0.1, -0.05) is 24.3 Å². The number of carbonyl (C=O) groups is 1. The van der Waals surface area contributed by atoms with E-state index in [1.807, 2.05) is 0 Å². The Morgan fingerprint density at radius 2 is 2.06 bits per heavy atom. The number of rotatable bonds is 7. The van der Waals surface area contributed by atoms with Gasteiger partial charge in [-0.3, -0.25) is 4.79 Å². The highest BCUT2D eigenvalue weighted by Gasteiger charge is 2.22. The van der Waals surface area contributed by atoms with Crippen molar-refractivity contribution < 1.29 is 14.6 Å². The summed E-state index contributed by atoms with van der Waals surface area (Å²) in [5.74, 6) is 0.934. The number of nitrogens with zero attached hydrogens (tertiary/aromatic N) is 1. The standard InChI is InChI=1S/C25H29N3O3/c1-31-24-16-18(6-8-23(24)29)7-9-25(30)26-12-15-28-13-10-19(11-14-28)21-17-27-22-5-3-2-4-20(21)22/h2-9,16-17,19,27,29H,10-15H2,1H3,(H,26,30)/b9-7+. The minimum atomic E-state index is -0.124. The van der Waals surface area contributed by atoms with Gasteiger partial charge in [0, 0.05) is 36.3 Å². The molecule has 162 valence electrons. The number of hydrogen-bond acceptors (Lipinski definition) is 4. The van der Waals surface area contributed by atoms with Crippen molar-refractivity contribution in [1.29, 1.82) is 0 Å². The number of phenolic OH excluding ortho intramolecular Hbond substituents is 1. The van der Waals surface area contributed by atoms with Gasteiger partial charge >= 0.3 is 0 Å². The van der Waals surface area contributed by atoms with Crippen molar-refractivity contribution in [2.24, 2.45) is 0 Å². The Morgan fingerprint density at radius 1 is 1.26 bits per heavy atom. The minimum absolute atomic E-state index is 0.0811. The number of piperidine rings is 1. The first kappa shape index (κ1) is 21.0. The molecule has 1 aromatic heterocycles. The van der Waals surface area contributed by atoms with E-state index in [9.17, 15) is 9.90 Å². The van der Waals surface area contributed by atoms with Gasteiger partial charge in [0.05, 0.1) is 7.11 Å². The molecule has 0 atom stereocenters. The third-order valence-electron chi connectivity index (χ3n) is 6.01. The Balaban J connectivity index is 1.21. The van der Waals surface area contributed by atoms with Crippen molar-refractivity contribution >= 4 is 22.9 Å². The summed E-state index contributed by atoms with van der Waals surface area (Å²) in [6, 6.07) is 13.5. The second kappa shape index (κ2) is 9.71. The van der Waals surface area contributed by atoms with Crippen LogP contribution in [0.25, 0.3) is 17.0 Å². The Kier molecular flexibility index (Phi) is 6.57. The lowest BCUT2D eigenvalue weighted by Crippen LogP contribution is -2.38. The molecule has 6 heteroatoms. The number of para-hydroxylation sites is 1. The van der Waals surface area contributed by atoms with E-state index in [1.54, 1.807) is 24.3 Å². The Labute approximate surface area is 182 Å². The van der Waals surface area contributed by atoms with Crippen LogP contribution < -0.4 is 10.1 Å². The maximum absolute atomic E-state index is 12.1. The quantitative estimate of drug-likeness (QED) is 0.508. The summed E-state index contributed by atoms with van der Waals surface area (Å²) in [4.78, 5) is 17.9. The molecule has 3 N–H and O–H groups in total. The van der Waals surface area contributed by atoms with Crippen LogP contribution in [0.1, 0.15) is 29.9 Å². The first-order valence-electron chi connectivity index (χ1n) is 10.8. The molecule has 1 amide bonds. The number of hydrogen-bond donors (Lipinski definition) is 3. The fraction of sp³-hybridized carbons (Fsp3) is 0.320. The number of aromatic amines is 1. The molecular weight excluding hydrogens is 390 g/mol. The van der Waals surface area contributed by atoms with Gasteiger partial charge in [0.25, 0.3) is 0 Å². The van der Waals surface area contributed by atoms with Crippen LogP contribution in [0.2, 0.25) is 0 Å². The first-order chi connectivity index (χ1) is 15.1. The molecule has 31 heavy (non-hydrogen) atoms. The van der Waals surface area contributed by atoms with Gasteiger partial charge in [-0.25, -0.2) is 0 Å². The van der Waals surface area contributed by atoms with Crippen molar-refractivity contribution in [2.45, 2.75) is 18.8 Å². The van der Waals surface area contributed by atoms with Crippen molar-refractivity contribution in [1.82, 2.24) is 15.2 Å². The lowest BCUT2D eigenvalue weighted by Gasteiger charge is -2.31. The number of phenols is 1. The number of methoxy groups -OCH3 is 1. The highest BCUT2D eigenvalue weighted by Crippen LogP contribution is 2.33. The molecule has 2 heterocycles. The van der Waals surface area contributed by atoms with Crippen LogP contribution in [0.5, 0.6) is 11.5 Å². The molecule has 1 aliphatic rings. The molecule has 4 rings (SSSR count). The zero-order valence-electron chi connectivity index (χ0n) is 17.8. The summed E-state index contributed by atoms with van der Waals surface area (Å²) in [7, 11) is 1.50. The topological polar surface area (TPSA) is 77.6 Å². The van der Waals surface area contributed by atoms with Crippen LogP contribution in [0.3, 0.4) is 0 Å². The summed E-state index contributed by atoms with van der Waals surface area (Å²) in [5.41, 5.74) is 3.44. The molecule has 1 saturated heterocycles. The van der Waals surface area contributed by atoms with Crippen LogP contribution in [0.15, 0.2) is 54.7 Å². The summed E-state index contributed by atoms with van der Waals surface area (Å²) in [6.45, 7) is 3.57. The maximum Gasteiger partial charge on any atom is 0.244 e. The summed E-state index contributed by atoms with van der Waals surface area (Å²) in [5, 5.41) is 13.9. The molecule has 2 aromatic carbocycles. The van der Waals surface area contributed by atoms with Gasteiger partial charge in [0.15, 0.2) is 11.5 Å². The van der Waals surface area contributed by atoms with Gasteiger partial charge in [-0.05, 0) is 67.3 Å². The Hall–Kier alpha value is -3.25. The SMILES string of the molecule is COc1cc(/C=C/C(=O)NCCN2CCC(c3c[nH]c4ccccc34)CC2)ccc1O. The van der Waals surface area contributed by atoms with Gasteiger partial charge in [0.2, 0.25) is 5.91 Å². The first-order valence-corrected chi connectivity index (χ1v) is 10.8. The van der Waals surface area contributed by atoms with Crippen LogP contribution >= 0.6 is 0 Å². The van der Waals surface area contributed by atoms with E-state index >= 15 is 0 Å². The van der Waals surface area contributed by atoms with Gasteiger partial charge < -0.3 is 25.0 Å². The maximum atomic E-state index is 12.1. The number of nitrogens with one attached hydrogen (secondary N) is 2. The fourth-order valence-corrected chi connectivity index (χ4v) is 4.27. The van der Waals surface area contributed by atoms with Gasteiger partial charge in [0.1, 0.15) is 0 Å². The van der Waals surface area contributed by atoms with E-state index in [1.165, 1.54) is 29.7 Å². The fourth-order valence-electron chi connectivity index (χ4n) is 4.27. The molecule has 0 saturated carbocycles. The second-order valence-electron chi connectivity index (χ2n) is 7.96. The number of H-pyrrole nitrogens is 1. The van der Waals surface area contributed by atoms with Crippen molar-refractivity contribution in [2.75, 3.05) is 33.3 Å². The molecular formula is C25H29N3O3. The second-order valence-corrected chi connectivity index (χ2v) is 7.96. The number of fused-ring (bicyclic) bond motifs is 1. The molecule has 0 aliphatic carbocycles. The zero-order valence-corrected chi connectivity index (χ0v) is 17.8. The molecule has 0 radical (unpaired) electrons. The highest BCUT2D eigenvalue weighted by atomic mass is 16.5. The zero-order chi connectivity index (χ0) is 21.6. The smallest absolute Gasteiger partial charge is 0.244 e. The van der Waals surface area contributed by atoms with E-state index in [2.05, 4.69) is 45.7 Å². The molecule has 1 aliphatic heterocycles. The average Bonchev–Trinajstić information content (AvgIpc) is 3.23. The number of aromatic hydroxyl groups is 1. The van der Waals surface area contributed by atoms with Crippen molar-refractivity contribution in [3.8, 4) is 11.5 Å². The van der Waals surface area contributed by atoms with E-state index < -0.39 is 0 Å². The van der Waals surface area contributed by atoms with Gasteiger partial charge in [-0.15, -0.1) is 0 Å². The van der Waals surface area contributed by atoms with E-state index in [0.717, 1.165) is 38.0 Å². The Morgan fingerprint density at radius 3 is 2.87 bits per heavy atom. The van der Waals surface area contributed by atoms with Crippen molar-refractivity contribution in [3.63, 3.8) is 0 Å². The number of amides is 1. The monoisotopic (exact) mass is 419 g/mol. The highest BCUT2D eigenvalue weighted by molar-refractivity contribution is 5.91. The van der Waals surface area contributed by atoms with Gasteiger partial charge in [-0.2, -0.15) is 0 Å². The summed E-state index contributed by atoms with van der Waals surface area (Å²) < 4.78 is 5.08. The lowest BCUT2D eigenvalue weighted by molar-refractivity contribution is -0.116. The number of benzene rings is 2. The molecule has 3 aromatic rings. The molecule has 0 spiro atoms. The third kappa shape index (κ3) is 5.09. The largest absolute Gasteiger partial charge is 0.504 e. The number of likely N-dealkylation sites (tertiary alicyclic amines) is 1. The van der Waals surface area contributed by atoms with Crippen molar-refractivity contribution in [3.05, 3.63) is 65.9 Å². The number of aromatic nitrogens is 1. The average molecular weight is 420 g/mol. The predicted molar refractivity (Wildman–Crippen MR) is 123 cm³/mol. The third-order valence-corrected chi connectivity index (χ3v) is 6.01. The molecule has 0 unspecified atom stereocenters. The van der Waals surface area contributed by atoms with Crippen LogP contribution in [0.4, 0.5) is 0 Å². The summed E-state index contributed by atoms with van der Waals surface area (Å²) >= 11 is 0. The predicted octanol–water partition coefficient (Wildman–Crippen LogP) is 3.89. The Bertz CT molecular complexity index is 1060. The van der Waals surface area contributed by atoms with E-state index in [4.69, 9.17) is 4.74 Å². The molecule has 6 nitrogen and oxygen atoms in total. The normalized spacial score (nSPS) is 15.5. The van der Waals surface area contributed by atoms with Crippen LogP contribution in [-0.4, -0.2) is 54.2 Å². The van der Waals surface area contributed by atoms with Crippen LogP contribution in [-0.2, 0) is 4.79 Å². The minimum Gasteiger partial charge on any atom is -0.504 e. The van der Waals surface area contributed by atoms with E-state index in [0.29, 0.717) is 18.2 Å². The molecule has 0 bridgehead atoms. The lowest BCUT2D eigenvalue weighted by atomic mass is 9.89. The number of carbonyl (C=O) groups excluding carboxylic acids is 1.